The number of rotatable bonds is 3. The van der Waals surface area contributed by atoms with Crippen LogP contribution in [0.3, 0.4) is 0 Å². The van der Waals surface area contributed by atoms with Crippen molar-refractivity contribution in [2.24, 2.45) is 0 Å². The lowest BCUT2D eigenvalue weighted by Crippen LogP contribution is -1.99. The van der Waals surface area contributed by atoms with Crippen LogP contribution < -0.4 is 5.32 Å². The number of nitrogens with zero attached hydrogens (tertiary/aromatic N) is 1. The van der Waals surface area contributed by atoms with Crippen LogP contribution in [0.15, 0.2) is 30.5 Å². The summed E-state index contributed by atoms with van der Waals surface area (Å²) in [6, 6.07) is 5.35. The van der Waals surface area contributed by atoms with E-state index >= 15 is 0 Å². The predicted octanol–water partition coefficient (Wildman–Crippen LogP) is 3.60. The number of halogens is 3. The Labute approximate surface area is 102 Å². The summed E-state index contributed by atoms with van der Waals surface area (Å²) < 4.78 is 39.5. The molecular weight excluding hydrogens is 241 g/mol. The van der Waals surface area contributed by atoms with Gasteiger partial charge in [-0.3, -0.25) is 4.98 Å². The topological polar surface area (TPSA) is 24.9 Å². The van der Waals surface area contributed by atoms with Crippen LogP contribution in [0.5, 0.6) is 0 Å². The first-order valence-electron chi connectivity index (χ1n) is 5.47. The molecular formula is C13H11F3N2. The summed E-state index contributed by atoms with van der Waals surface area (Å²) >= 11 is 0. The van der Waals surface area contributed by atoms with Crippen LogP contribution in [-0.2, 0) is 0 Å². The highest BCUT2D eigenvalue weighted by molar-refractivity contribution is 5.64. The van der Waals surface area contributed by atoms with Gasteiger partial charge in [0.25, 0.3) is 0 Å². The van der Waals surface area contributed by atoms with Crippen LogP contribution in [0.4, 0.5) is 18.9 Å². The number of benzene rings is 1. The molecule has 1 heterocycles. The monoisotopic (exact) mass is 252 g/mol. The van der Waals surface area contributed by atoms with E-state index in [1.807, 2.05) is 6.92 Å². The normalized spacial score (nSPS) is 10.4. The Hall–Kier alpha value is -2.04. The lowest BCUT2D eigenvalue weighted by molar-refractivity contribution is 0.449. The fraction of sp³-hybridized carbons (Fsp3) is 0.154. The maximum absolute atomic E-state index is 13.6. The number of aromatic nitrogens is 1. The van der Waals surface area contributed by atoms with Crippen molar-refractivity contribution in [1.82, 2.24) is 4.98 Å². The van der Waals surface area contributed by atoms with Gasteiger partial charge in [0, 0.05) is 24.0 Å². The van der Waals surface area contributed by atoms with E-state index in [2.05, 4.69) is 10.3 Å². The average molecular weight is 252 g/mol. The van der Waals surface area contributed by atoms with Crippen molar-refractivity contribution in [3.8, 4) is 11.3 Å². The highest BCUT2D eigenvalue weighted by Gasteiger charge is 2.15. The minimum absolute atomic E-state index is 0.0614. The number of nitrogens with one attached hydrogen (secondary N) is 1. The maximum Gasteiger partial charge on any atom is 0.195 e. The predicted molar refractivity (Wildman–Crippen MR) is 63.7 cm³/mol. The van der Waals surface area contributed by atoms with Gasteiger partial charge in [-0.05, 0) is 31.2 Å². The molecule has 0 aliphatic rings. The largest absolute Gasteiger partial charge is 0.385 e. The molecule has 18 heavy (non-hydrogen) atoms. The van der Waals surface area contributed by atoms with E-state index in [4.69, 9.17) is 0 Å². The van der Waals surface area contributed by atoms with Gasteiger partial charge in [-0.2, -0.15) is 0 Å². The lowest BCUT2D eigenvalue weighted by Gasteiger charge is -2.07. The molecule has 5 heteroatoms. The number of anilines is 1. The van der Waals surface area contributed by atoms with Crippen molar-refractivity contribution in [3.63, 3.8) is 0 Å². The Morgan fingerprint density at radius 3 is 2.61 bits per heavy atom. The van der Waals surface area contributed by atoms with Crippen molar-refractivity contribution >= 4 is 5.69 Å². The molecule has 1 aromatic carbocycles. The van der Waals surface area contributed by atoms with Gasteiger partial charge in [0.1, 0.15) is 0 Å². The minimum Gasteiger partial charge on any atom is -0.385 e. The van der Waals surface area contributed by atoms with Gasteiger partial charge < -0.3 is 5.32 Å². The van der Waals surface area contributed by atoms with Gasteiger partial charge in [-0.15, -0.1) is 0 Å². The fourth-order valence-electron chi connectivity index (χ4n) is 1.62. The number of hydrogen-bond donors (Lipinski definition) is 1. The van der Waals surface area contributed by atoms with Gasteiger partial charge in [-0.25, -0.2) is 13.2 Å². The summed E-state index contributed by atoms with van der Waals surface area (Å²) in [5, 5.41) is 3.03. The molecule has 0 amide bonds. The van der Waals surface area contributed by atoms with Crippen LogP contribution in [0.25, 0.3) is 11.3 Å². The average Bonchev–Trinajstić information content (AvgIpc) is 2.37. The Bertz CT molecular complexity index is 570. The molecule has 2 nitrogen and oxygen atoms in total. The highest BCUT2D eigenvalue weighted by atomic mass is 19.2. The number of hydrogen-bond acceptors (Lipinski definition) is 2. The molecule has 2 rings (SSSR count). The molecule has 0 saturated carbocycles. The van der Waals surface area contributed by atoms with Gasteiger partial charge in [0.15, 0.2) is 17.5 Å². The molecule has 0 bridgehead atoms. The maximum atomic E-state index is 13.6. The molecule has 1 N–H and O–H groups in total. The van der Waals surface area contributed by atoms with Crippen LogP contribution in [0.1, 0.15) is 6.92 Å². The van der Waals surface area contributed by atoms with Crippen LogP contribution in [0.2, 0.25) is 0 Å². The van der Waals surface area contributed by atoms with E-state index in [1.165, 1.54) is 12.3 Å². The van der Waals surface area contributed by atoms with E-state index < -0.39 is 17.5 Å². The summed E-state index contributed by atoms with van der Waals surface area (Å²) in [5.41, 5.74) is 0.935. The van der Waals surface area contributed by atoms with Crippen molar-refractivity contribution < 1.29 is 13.2 Å². The molecule has 0 spiro atoms. The lowest BCUT2D eigenvalue weighted by atomic mass is 10.1. The Morgan fingerprint density at radius 1 is 1.11 bits per heavy atom. The fourth-order valence-corrected chi connectivity index (χ4v) is 1.62. The van der Waals surface area contributed by atoms with Gasteiger partial charge >= 0.3 is 0 Å². The second-order valence-electron chi connectivity index (χ2n) is 3.68. The van der Waals surface area contributed by atoms with Crippen molar-refractivity contribution in [1.29, 1.82) is 0 Å². The first kappa shape index (κ1) is 12.4. The van der Waals surface area contributed by atoms with Crippen LogP contribution >= 0.6 is 0 Å². The second kappa shape index (κ2) is 5.08. The SMILES string of the molecule is CCNc1ccnc(-c2ccc(F)c(F)c2F)c1. The Morgan fingerprint density at radius 2 is 1.89 bits per heavy atom. The Balaban J connectivity index is 2.48. The van der Waals surface area contributed by atoms with E-state index in [0.717, 1.165) is 11.8 Å². The van der Waals surface area contributed by atoms with E-state index in [0.29, 0.717) is 6.54 Å². The molecule has 0 atom stereocenters. The summed E-state index contributed by atoms with van der Waals surface area (Å²) in [5.74, 6) is -3.92. The molecule has 0 aliphatic carbocycles. The van der Waals surface area contributed by atoms with Gasteiger partial charge in [0.2, 0.25) is 0 Å². The molecule has 0 fully saturated rings. The first-order chi connectivity index (χ1) is 8.63. The third kappa shape index (κ3) is 2.30. The zero-order chi connectivity index (χ0) is 13.1. The molecule has 0 radical (unpaired) electrons. The van der Waals surface area contributed by atoms with E-state index in [1.54, 1.807) is 12.1 Å². The zero-order valence-corrected chi connectivity index (χ0v) is 9.67. The highest BCUT2D eigenvalue weighted by Crippen LogP contribution is 2.25. The van der Waals surface area contributed by atoms with Crippen molar-refractivity contribution in [2.45, 2.75) is 6.92 Å². The van der Waals surface area contributed by atoms with E-state index in [-0.39, 0.29) is 11.3 Å². The van der Waals surface area contributed by atoms with Crippen LogP contribution in [0, 0.1) is 17.5 Å². The molecule has 2 aromatic rings. The molecule has 94 valence electrons. The third-order valence-corrected chi connectivity index (χ3v) is 2.45. The smallest absolute Gasteiger partial charge is 0.195 e. The molecule has 0 saturated heterocycles. The summed E-state index contributed by atoms with van der Waals surface area (Å²) in [7, 11) is 0. The molecule has 0 aliphatic heterocycles. The van der Waals surface area contributed by atoms with Crippen LogP contribution in [-0.4, -0.2) is 11.5 Å². The molecule has 1 aromatic heterocycles. The van der Waals surface area contributed by atoms with E-state index in [9.17, 15) is 13.2 Å². The quantitative estimate of drug-likeness (QED) is 0.844. The first-order valence-corrected chi connectivity index (χ1v) is 5.47. The van der Waals surface area contributed by atoms with Gasteiger partial charge in [-0.1, -0.05) is 0 Å². The summed E-state index contributed by atoms with van der Waals surface area (Å²) in [6.45, 7) is 2.61. The summed E-state index contributed by atoms with van der Waals surface area (Å²) in [6.07, 6.45) is 1.48. The minimum atomic E-state index is -1.48. The molecule has 0 unspecified atom stereocenters. The van der Waals surface area contributed by atoms with Gasteiger partial charge in [0.05, 0.1) is 5.69 Å². The number of pyridine rings is 1. The Kier molecular flexibility index (Phi) is 3.50. The van der Waals surface area contributed by atoms with Crippen molar-refractivity contribution in [2.75, 3.05) is 11.9 Å². The zero-order valence-electron chi connectivity index (χ0n) is 9.67. The summed E-state index contributed by atoms with van der Waals surface area (Å²) in [4.78, 5) is 3.95. The van der Waals surface area contributed by atoms with Crippen molar-refractivity contribution in [3.05, 3.63) is 47.9 Å². The third-order valence-electron chi connectivity index (χ3n) is 2.45. The second-order valence-corrected chi connectivity index (χ2v) is 3.68. The standard InChI is InChI=1S/C13H11F3N2/c1-2-17-8-5-6-18-11(7-8)9-3-4-10(14)13(16)12(9)15/h3-7H,2H2,1H3,(H,17,18).